The summed E-state index contributed by atoms with van der Waals surface area (Å²) >= 11 is 3.69. The molecule has 0 saturated carbocycles. The summed E-state index contributed by atoms with van der Waals surface area (Å²) in [5.74, 6) is 0. The van der Waals surface area contributed by atoms with E-state index in [2.05, 4.69) is 77.3 Å². The van der Waals surface area contributed by atoms with Gasteiger partial charge >= 0.3 is 0 Å². The molecule has 0 radical (unpaired) electrons. The third kappa shape index (κ3) is 4.65. The van der Waals surface area contributed by atoms with Crippen molar-refractivity contribution >= 4 is 15.9 Å². The Morgan fingerprint density at radius 1 is 1.14 bits per heavy atom. The zero-order valence-electron chi connectivity index (χ0n) is 13.0. The second-order valence-corrected chi connectivity index (χ2v) is 6.42. The van der Waals surface area contributed by atoms with Gasteiger partial charge in [-0.25, -0.2) is 0 Å². The number of hydrogen-bond donors (Lipinski definition) is 1. The highest BCUT2D eigenvalue weighted by molar-refractivity contribution is 9.10. The van der Waals surface area contributed by atoms with Crippen molar-refractivity contribution in [1.82, 2.24) is 10.3 Å². The molecule has 0 aliphatic carbocycles. The minimum atomic E-state index is 0.287. The standard InChI is InChI=1S/C18H23BrN2/c1-4-9-20-18(11-15-7-5-14(3)12-21-15)16-10-13(2)6-8-17(16)19/h5-8,10,12,18,20H,4,9,11H2,1-3H3. The SMILES string of the molecule is CCCNC(Cc1ccc(C)cn1)c1cc(C)ccc1Br. The molecule has 0 aliphatic heterocycles. The smallest absolute Gasteiger partial charge is 0.0422 e. The minimum Gasteiger partial charge on any atom is -0.310 e. The summed E-state index contributed by atoms with van der Waals surface area (Å²) in [5.41, 5.74) is 4.93. The van der Waals surface area contributed by atoms with Crippen LogP contribution in [-0.2, 0) is 6.42 Å². The molecule has 0 bridgehead atoms. The van der Waals surface area contributed by atoms with Crippen molar-refractivity contribution in [2.45, 2.75) is 39.7 Å². The number of halogens is 1. The molecule has 112 valence electrons. The molecule has 2 aromatic rings. The Kier molecular flexibility index (Phi) is 5.95. The van der Waals surface area contributed by atoms with Crippen molar-refractivity contribution in [1.29, 1.82) is 0 Å². The number of rotatable bonds is 6. The summed E-state index contributed by atoms with van der Waals surface area (Å²) in [4.78, 5) is 4.55. The number of hydrogen-bond acceptors (Lipinski definition) is 2. The monoisotopic (exact) mass is 346 g/mol. The quantitative estimate of drug-likeness (QED) is 0.816. The van der Waals surface area contributed by atoms with Gasteiger partial charge in [-0.05, 0) is 50.1 Å². The van der Waals surface area contributed by atoms with E-state index in [1.807, 2.05) is 6.20 Å². The zero-order chi connectivity index (χ0) is 15.2. The Labute approximate surface area is 136 Å². The number of nitrogens with one attached hydrogen (secondary N) is 1. The van der Waals surface area contributed by atoms with Crippen LogP contribution in [0.15, 0.2) is 41.0 Å². The molecule has 1 heterocycles. The van der Waals surface area contributed by atoms with Crippen molar-refractivity contribution in [3.63, 3.8) is 0 Å². The van der Waals surface area contributed by atoms with E-state index < -0.39 is 0 Å². The molecule has 1 aromatic carbocycles. The van der Waals surface area contributed by atoms with E-state index in [-0.39, 0.29) is 6.04 Å². The molecule has 2 nitrogen and oxygen atoms in total. The van der Waals surface area contributed by atoms with Crippen molar-refractivity contribution < 1.29 is 0 Å². The molecule has 1 unspecified atom stereocenters. The van der Waals surface area contributed by atoms with Crippen LogP contribution in [0.5, 0.6) is 0 Å². The van der Waals surface area contributed by atoms with Crippen LogP contribution >= 0.6 is 15.9 Å². The Bertz CT molecular complexity index is 578. The van der Waals surface area contributed by atoms with E-state index in [0.29, 0.717) is 0 Å². The molecule has 0 amide bonds. The lowest BCUT2D eigenvalue weighted by atomic mass is 9.99. The summed E-state index contributed by atoms with van der Waals surface area (Å²) in [6, 6.07) is 11.1. The van der Waals surface area contributed by atoms with Gasteiger partial charge in [0.2, 0.25) is 0 Å². The van der Waals surface area contributed by atoms with Gasteiger partial charge in [0.25, 0.3) is 0 Å². The van der Waals surface area contributed by atoms with E-state index >= 15 is 0 Å². The molecular formula is C18H23BrN2. The first-order valence-electron chi connectivity index (χ1n) is 7.51. The highest BCUT2D eigenvalue weighted by Crippen LogP contribution is 2.27. The molecule has 0 spiro atoms. The van der Waals surface area contributed by atoms with Crippen molar-refractivity contribution in [2.24, 2.45) is 0 Å². The lowest BCUT2D eigenvalue weighted by Gasteiger charge is -2.21. The Morgan fingerprint density at radius 3 is 2.57 bits per heavy atom. The van der Waals surface area contributed by atoms with Crippen LogP contribution in [-0.4, -0.2) is 11.5 Å². The molecule has 1 N–H and O–H groups in total. The summed E-state index contributed by atoms with van der Waals surface area (Å²) < 4.78 is 1.16. The largest absolute Gasteiger partial charge is 0.310 e. The normalized spacial score (nSPS) is 12.4. The highest BCUT2D eigenvalue weighted by Gasteiger charge is 2.15. The predicted octanol–water partition coefficient (Wildman–Crippen LogP) is 4.74. The molecule has 3 heteroatoms. The third-order valence-electron chi connectivity index (χ3n) is 3.55. The fourth-order valence-electron chi connectivity index (χ4n) is 2.37. The van der Waals surface area contributed by atoms with Crippen LogP contribution in [0.3, 0.4) is 0 Å². The second-order valence-electron chi connectivity index (χ2n) is 5.56. The highest BCUT2D eigenvalue weighted by atomic mass is 79.9. The Hall–Kier alpha value is -1.19. The first-order valence-corrected chi connectivity index (χ1v) is 8.30. The van der Waals surface area contributed by atoms with E-state index in [9.17, 15) is 0 Å². The van der Waals surface area contributed by atoms with Crippen LogP contribution in [0, 0.1) is 13.8 Å². The molecule has 0 fully saturated rings. The summed E-state index contributed by atoms with van der Waals surface area (Å²) in [7, 11) is 0. The van der Waals surface area contributed by atoms with E-state index in [1.165, 1.54) is 16.7 Å². The van der Waals surface area contributed by atoms with Gasteiger partial charge in [-0.3, -0.25) is 4.98 Å². The van der Waals surface area contributed by atoms with E-state index in [0.717, 1.165) is 29.6 Å². The summed E-state index contributed by atoms with van der Waals surface area (Å²) in [6.45, 7) is 7.41. The molecule has 0 aliphatic rings. The van der Waals surface area contributed by atoms with Gasteiger partial charge in [-0.1, -0.05) is 46.6 Å². The molecule has 0 saturated heterocycles. The Balaban J connectivity index is 2.25. The average Bonchev–Trinajstić information content (AvgIpc) is 2.48. The maximum absolute atomic E-state index is 4.55. The van der Waals surface area contributed by atoms with Crippen LogP contribution < -0.4 is 5.32 Å². The number of aromatic nitrogens is 1. The first kappa shape index (κ1) is 16.2. The fraction of sp³-hybridized carbons (Fsp3) is 0.389. The van der Waals surface area contributed by atoms with Crippen LogP contribution in [0.25, 0.3) is 0 Å². The molecule has 1 aromatic heterocycles. The lowest BCUT2D eigenvalue weighted by Crippen LogP contribution is -2.25. The van der Waals surface area contributed by atoms with Crippen molar-refractivity contribution in [3.8, 4) is 0 Å². The minimum absolute atomic E-state index is 0.287. The van der Waals surface area contributed by atoms with Gasteiger partial charge in [0.15, 0.2) is 0 Å². The van der Waals surface area contributed by atoms with Crippen LogP contribution in [0.1, 0.15) is 41.8 Å². The fourth-order valence-corrected chi connectivity index (χ4v) is 2.89. The van der Waals surface area contributed by atoms with Crippen LogP contribution in [0.2, 0.25) is 0 Å². The van der Waals surface area contributed by atoms with Gasteiger partial charge in [0.05, 0.1) is 0 Å². The molecule has 2 rings (SSSR count). The van der Waals surface area contributed by atoms with Crippen molar-refractivity contribution in [3.05, 3.63) is 63.4 Å². The molecule has 1 atom stereocenters. The number of pyridine rings is 1. The summed E-state index contributed by atoms with van der Waals surface area (Å²) in [5, 5.41) is 3.65. The third-order valence-corrected chi connectivity index (χ3v) is 4.28. The maximum Gasteiger partial charge on any atom is 0.0422 e. The predicted molar refractivity (Wildman–Crippen MR) is 92.6 cm³/mol. The van der Waals surface area contributed by atoms with Gasteiger partial charge in [-0.2, -0.15) is 0 Å². The number of benzene rings is 1. The zero-order valence-corrected chi connectivity index (χ0v) is 14.6. The van der Waals surface area contributed by atoms with Crippen LogP contribution in [0.4, 0.5) is 0 Å². The number of nitrogens with zero attached hydrogens (tertiary/aromatic N) is 1. The molecular weight excluding hydrogens is 324 g/mol. The van der Waals surface area contributed by atoms with Gasteiger partial charge in [-0.15, -0.1) is 0 Å². The van der Waals surface area contributed by atoms with E-state index in [1.54, 1.807) is 0 Å². The Morgan fingerprint density at radius 2 is 1.90 bits per heavy atom. The first-order chi connectivity index (χ1) is 10.1. The lowest BCUT2D eigenvalue weighted by molar-refractivity contribution is 0.522. The van der Waals surface area contributed by atoms with Gasteiger partial charge in [0, 0.05) is 28.8 Å². The maximum atomic E-state index is 4.55. The average molecular weight is 347 g/mol. The van der Waals surface area contributed by atoms with Crippen molar-refractivity contribution in [2.75, 3.05) is 6.54 Å². The molecule has 21 heavy (non-hydrogen) atoms. The van der Waals surface area contributed by atoms with Gasteiger partial charge < -0.3 is 5.32 Å². The van der Waals surface area contributed by atoms with Gasteiger partial charge in [0.1, 0.15) is 0 Å². The second kappa shape index (κ2) is 7.71. The van der Waals surface area contributed by atoms with E-state index in [4.69, 9.17) is 0 Å². The summed E-state index contributed by atoms with van der Waals surface area (Å²) in [6.07, 6.45) is 3.97. The topological polar surface area (TPSA) is 24.9 Å². The number of aryl methyl sites for hydroxylation is 2.